The highest BCUT2D eigenvalue weighted by molar-refractivity contribution is 4.97. The van der Waals surface area contributed by atoms with Gasteiger partial charge in [-0.25, -0.2) is 0 Å². The molecule has 0 aliphatic rings. The van der Waals surface area contributed by atoms with E-state index in [9.17, 15) is 0 Å². The van der Waals surface area contributed by atoms with Crippen LogP contribution in [0.4, 0.5) is 0 Å². The second-order valence-electron chi connectivity index (χ2n) is 5.11. The largest absolute Gasteiger partial charge is 0.387 e. The molecule has 0 aliphatic heterocycles. The molecule has 0 aromatic carbocycles. The lowest BCUT2D eigenvalue weighted by Gasteiger charge is -2.11. The first-order valence-corrected chi connectivity index (χ1v) is 7.09. The Morgan fingerprint density at radius 2 is 1.94 bits per heavy atom. The molecule has 0 radical (unpaired) electrons. The van der Waals surface area contributed by atoms with E-state index in [0.29, 0.717) is 0 Å². The van der Waals surface area contributed by atoms with Gasteiger partial charge in [0.25, 0.3) is 0 Å². The Balaban J connectivity index is 3.51. The number of hydrogen-bond acceptors (Lipinski definition) is 3. The van der Waals surface area contributed by atoms with Crippen molar-refractivity contribution in [1.82, 2.24) is 10.7 Å². The van der Waals surface area contributed by atoms with Crippen molar-refractivity contribution in [1.29, 1.82) is 0 Å². The van der Waals surface area contributed by atoms with E-state index in [0.717, 1.165) is 18.9 Å². The standard InChI is InChI=1S/C14H31N3/c1-4-5-10-14(12-17-15)16-11-8-6-7-9-13(2)3/h12-13,16-17H,4-11,15H2,1-3H3/b14-12-. The Morgan fingerprint density at radius 3 is 2.53 bits per heavy atom. The van der Waals surface area contributed by atoms with E-state index in [2.05, 4.69) is 31.5 Å². The molecule has 3 nitrogen and oxygen atoms in total. The van der Waals surface area contributed by atoms with Crippen LogP contribution in [-0.2, 0) is 0 Å². The van der Waals surface area contributed by atoms with Crippen LogP contribution in [0.5, 0.6) is 0 Å². The number of hydrogen-bond donors (Lipinski definition) is 3. The van der Waals surface area contributed by atoms with E-state index in [4.69, 9.17) is 5.84 Å². The number of rotatable bonds is 11. The van der Waals surface area contributed by atoms with Gasteiger partial charge < -0.3 is 10.7 Å². The summed E-state index contributed by atoms with van der Waals surface area (Å²) in [6, 6.07) is 0. The van der Waals surface area contributed by atoms with Gasteiger partial charge in [-0.3, -0.25) is 5.84 Å². The summed E-state index contributed by atoms with van der Waals surface area (Å²) < 4.78 is 0. The van der Waals surface area contributed by atoms with Crippen molar-refractivity contribution < 1.29 is 0 Å². The van der Waals surface area contributed by atoms with E-state index < -0.39 is 0 Å². The zero-order valence-electron chi connectivity index (χ0n) is 11.9. The molecule has 3 heteroatoms. The average molecular weight is 241 g/mol. The van der Waals surface area contributed by atoms with Crippen LogP contribution in [0.3, 0.4) is 0 Å². The number of nitrogens with one attached hydrogen (secondary N) is 2. The average Bonchev–Trinajstić information content (AvgIpc) is 2.29. The Bertz CT molecular complexity index is 188. The maximum absolute atomic E-state index is 5.32. The monoisotopic (exact) mass is 241 g/mol. The second kappa shape index (κ2) is 11.8. The van der Waals surface area contributed by atoms with Crippen molar-refractivity contribution in [2.24, 2.45) is 11.8 Å². The second-order valence-corrected chi connectivity index (χ2v) is 5.11. The Morgan fingerprint density at radius 1 is 1.18 bits per heavy atom. The molecule has 102 valence electrons. The van der Waals surface area contributed by atoms with Gasteiger partial charge >= 0.3 is 0 Å². The summed E-state index contributed by atoms with van der Waals surface area (Å²) in [5.74, 6) is 6.16. The minimum absolute atomic E-state index is 0.837. The fraction of sp³-hybridized carbons (Fsp3) is 0.857. The zero-order valence-corrected chi connectivity index (χ0v) is 11.9. The van der Waals surface area contributed by atoms with E-state index in [1.54, 1.807) is 0 Å². The van der Waals surface area contributed by atoms with Crippen molar-refractivity contribution in [2.45, 2.75) is 65.7 Å². The minimum atomic E-state index is 0.837. The lowest BCUT2D eigenvalue weighted by Crippen LogP contribution is -2.21. The van der Waals surface area contributed by atoms with E-state index in [1.807, 2.05) is 6.20 Å². The van der Waals surface area contributed by atoms with Crippen molar-refractivity contribution in [2.75, 3.05) is 6.54 Å². The molecule has 0 aromatic heterocycles. The molecule has 0 fully saturated rings. The Hall–Kier alpha value is -0.700. The van der Waals surface area contributed by atoms with Crippen LogP contribution in [0.2, 0.25) is 0 Å². The maximum Gasteiger partial charge on any atom is 0.0312 e. The summed E-state index contributed by atoms with van der Waals surface area (Å²) in [5, 5.41) is 3.46. The van der Waals surface area contributed by atoms with Gasteiger partial charge in [-0.1, -0.05) is 46.5 Å². The quantitative estimate of drug-likeness (QED) is 0.295. The zero-order chi connectivity index (χ0) is 12.9. The molecule has 0 bridgehead atoms. The number of unbranched alkanes of at least 4 members (excludes halogenated alkanes) is 3. The highest BCUT2D eigenvalue weighted by Gasteiger charge is 1.97. The van der Waals surface area contributed by atoms with Gasteiger partial charge in [0.2, 0.25) is 0 Å². The third kappa shape index (κ3) is 11.6. The molecule has 0 unspecified atom stereocenters. The van der Waals surface area contributed by atoms with Gasteiger partial charge in [0.05, 0.1) is 0 Å². The van der Waals surface area contributed by atoms with Crippen LogP contribution in [0.1, 0.15) is 65.7 Å². The molecule has 0 aromatic rings. The molecule has 0 aliphatic carbocycles. The number of hydrazine groups is 1. The van der Waals surface area contributed by atoms with Gasteiger partial charge in [-0.2, -0.15) is 0 Å². The summed E-state index contributed by atoms with van der Waals surface area (Å²) in [6.07, 6.45) is 10.7. The normalized spacial score (nSPS) is 11.9. The first-order valence-electron chi connectivity index (χ1n) is 7.09. The molecule has 0 amide bonds. The summed E-state index contributed by atoms with van der Waals surface area (Å²) in [7, 11) is 0. The maximum atomic E-state index is 5.32. The van der Waals surface area contributed by atoms with Crippen LogP contribution >= 0.6 is 0 Å². The summed E-state index contributed by atoms with van der Waals surface area (Å²) in [4.78, 5) is 0. The predicted octanol–water partition coefficient (Wildman–Crippen LogP) is 3.29. The molecule has 0 saturated heterocycles. The van der Waals surface area contributed by atoms with Crippen LogP contribution in [0.15, 0.2) is 11.9 Å². The first kappa shape index (κ1) is 16.3. The van der Waals surface area contributed by atoms with E-state index in [-0.39, 0.29) is 0 Å². The van der Waals surface area contributed by atoms with Crippen molar-refractivity contribution >= 4 is 0 Å². The molecule has 17 heavy (non-hydrogen) atoms. The van der Waals surface area contributed by atoms with Gasteiger partial charge in [0.1, 0.15) is 0 Å². The number of allylic oxidation sites excluding steroid dienone is 1. The van der Waals surface area contributed by atoms with Crippen molar-refractivity contribution in [3.05, 3.63) is 11.9 Å². The highest BCUT2D eigenvalue weighted by atomic mass is 15.2. The third-order valence-electron chi connectivity index (χ3n) is 2.87. The first-order chi connectivity index (χ1) is 8.20. The Labute approximate surface area is 107 Å². The summed E-state index contributed by atoms with van der Waals surface area (Å²) >= 11 is 0. The van der Waals surface area contributed by atoms with Crippen LogP contribution < -0.4 is 16.6 Å². The van der Waals surface area contributed by atoms with E-state index in [1.165, 1.54) is 44.2 Å². The van der Waals surface area contributed by atoms with Gasteiger partial charge in [0, 0.05) is 18.4 Å². The molecule has 0 atom stereocenters. The predicted molar refractivity (Wildman–Crippen MR) is 76.2 cm³/mol. The van der Waals surface area contributed by atoms with Gasteiger partial charge in [0.15, 0.2) is 0 Å². The lowest BCUT2D eigenvalue weighted by atomic mass is 10.1. The SMILES string of the molecule is CCCC/C(=C/NN)NCCCCCC(C)C. The van der Waals surface area contributed by atoms with Crippen LogP contribution in [0, 0.1) is 5.92 Å². The van der Waals surface area contributed by atoms with E-state index >= 15 is 0 Å². The fourth-order valence-electron chi connectivity index (χ4n) is 1.78. The summed E-state index contributed by atoms with van der Waals surface area (Å²) in [5.41, 5.74) is 3.85. The minimum Gasteiger partial charge on any atom is -0.387 e. The number of nitrogens with two attached hydrogens (primary N) is 1. The Kier molecular flexibility index (Phi) is 11.3. The highest BCUT2D eigenvalue weighted by Crippen LogP contribution is 2.08. The van der Waals surface area contributed by atoms with Crippen molar-refractivity contribution in [3.8, 4) is 0 Å². The molecular formula is C14H31N3. The fourth-order valence-corrected chi connectivity index (χ4v) is 1.78. The summed E-state index contributed by atoms with van der Waals surface area (Å²) in [6.45, 7) is 7.85. The topological polar surface area (TPSA) is 50.1 Å². The molecule has 0 spiro atoms. The van der Waals surface area contributed by atoms with Crippen LogP contribution in [-0.4, -0.2) is 6.54 Å². The molecule has 0 saturated carbocycles. The molecule has 4 N–H and O–H groups in total. The van der Waals surface area contributed by atoms with Gasteiger partial charge in [-0.05, 0) is 25.2 Å². The third-order valence-corrected chi connectivity index (χ3v) is 2.87. The molecular weight excluding hydrogens is 210 g/mol. The molecule has 0 heterocycles. The van der Waals surface area contributed by atoms with Gasteiger partial charge in [-0.15, -0.1) is 0 Å². The van der Waals surface area contributed by atoms with Crippen LogP contribution in [0.25, 0.3) is 0 Å². The molecule has 0 rings (SSSR count). The smallest absolute Gasteiger partial charge is 0.0312 e. The lowest BCUT2D eigenvalue weighted by molar-refractivity contribution is 0.520. The van der Waals surface area contributed by atoms with Crippen molar-refractivity contribution in [3.63, 3.8) is 0 Å².